The molecule has 1 N–H and O–H groups in total. The quantitative estimate of drug-likeness (QED) is 0.617. The molecule has 0 heterocycles. The maximum atomic E-state index is 12.9. The summed E-state index contributed by atoms with van der Waals surface area (Å²) in [5.74, 6) is 0.0349. The van der Waals surface area contributed by atoms with Crippen LogP contribution in [0, 0.1) is 10.1 Å². The first-order chi connectivity index (χ1) is 13.0. The summed E-state index contributed by atoms with van der Waals surface area (Å²) in [6, 6.07) is 10.4. The van der Waals surface area contributed by atoms with Gasteiger partial charge in [-0.25, -0.2) is 0 Å². The van der Waals surface area contributed by atoms with Crippen LogP contribution in [-0.4, -0.2) is 24.5 Å². The van der Waals surface area contributed by atoms with Gasteiger partial charge in [-0.15, -0.1) is 0 Å². The average molecular weight is 370 g/mol. The number of nitro groups is 1. The third-order valence-electron chi connectivity index (χ3n) is 4.70. The zero-order valence-corrected chi connectivity index (χ0v) is 15.4. The normalized spacial score (nSPS) is 15.6. The Morgan fingerprint density at radius 3 is 2.78 bits per heavy atom. The van der Waals surface area contributed by atoms with E-state index in [1.807, 2.05) is 18.2 Å². The number of nitrogens with one attached hydrogen (secondary N) is 1. The molecule has 0 spiro atoms. The predicted octanol–water partition coefficient (Wildman–Crippen LogP) is 3.81. The average Bonchev–Trinajstić information content (AvgIpc) is 2.68. The van der Waals surface area contributed by atoms with Crippen molar-refractivity contribution in [3.63, 3.8) is 0 Å². The monoisotopic (exact) mass is 370 g/mol. The van der Waals surface area contributed by atoms with Crippen LogP contribution in [0.3, 0.4) is 0 Å². The minimum atomic E-state index is -0.578. The van der Waals surface area contributed by atoms with E-state index in [1.165, 1.54) is 24.8 Å². The number of carbonyl (C=O) groups excluding carboxylic acids is 1. The molecule has 27 heavy (non-hydrogen) atoms. The van der Waals surface area contributed by atoms with Crippen molar-refractivity contribution in [3.8, 4) is 11.5 Å². The number of benzene rings is 2. The molecule has 0 radical (unpaired) electrons. The van der Waals surface area contributed by atoms with Crippen molar-refractivity contribution in [1.82, 2.24) is 5.32 Å². The number of rotatable bonds is 6. The summed E-state index contributed by atoms with van der Waals surface area (Å²) in [6.07, 6.45) is 2.72. The maximum absolute atomic E-state index is 12.9. The Kier molecular flexibility index (Phi) is 5.59. The second-order valence-corrected chi connectivity index (χ2v) is 6.33. The van der Waals surface area contributed by atoms with Crippen LogP contribution in [0.25, 0.3) is 0 Å². The SMILES string of the molecule is CCOc1cc([N+](=O)[O-])c(C(=O)N[C@@H]2CCCc3ccccc32)cc1OC. The van der Waals surface area contributed by atoms with Gasteiger partial charge in [-0.1, -0.05) is 24.3 Å². The van der Waals surface area contributed by atoms with E-state index in [0.29, 0.717) is 6.61 Å². The van der Waals surface area contributed by atoms with Crippen molar-refractivity contribution in [1.29, 1.82) is 0 Å². The zero-order chi connectivity index (χ0) is 19.4. The lowest BCUT2D eigenvalue weighted by atomic mass is 9.87. The molecule has 1 aliphatic rings. The fourth-order valence-corrected chi connectivity index (χ4v) is 3.45. The number of methoxy groups -OCH3 is 1. The standard InChI is InChI=1S/C20H22N2O5/c1-3-27-19-12-17(22(24)25)15(11-18(19)26-2)20(23)21-16-10-6-8-13-7-4-5-9-14(13)16/h4-5,7,9,11-12,16H,3,6,8,10H2,1-2H3,(H,21,23)/t16-/m1/s1. The molecule has 142 valence electrons. The molecule has 1 aliphatic carbocycles. The number of nitro benzene ring substituents is 1. The number of carbonyl (C=O) groups is 1. The zero-order valence-electron chi connectivity index (χ0n) is 15.4. The maximum Gasteiger partial charge on any atom is 0.286 e. The van der Waals surface area contributed by atoms with Crippen molar-refractivity contribution < 1.29 is 19.2 Å². The van der Waals surface area contributed by atoms with Crippen LogP contribution in [0.1, 0.15) is 47.3 Å². The molecule has 7 heteroatoms. The van der Waals surface area contributed by atoms with Crippen molar-refractivity contribution in [3.05, 3.63) is 63.2 Å². The van der Waals surface area contributed by atoms with Gasteiger partial charge in [-0.05, 0) is 37.3 Å². The summed E-state index contributed by atoms with van der Waals surface area (Å²) >= 11 is 0. The Labute approximate surface area is 157 Å². The molecule has 2 aromatic carbocycles. The number of aryl methyl sites for hydroxylation is 1. The Morgan fingerprint density at radius 1 is 1.30 bits per heavy atom. The van der Waals surface area contributed by atoms with Gasteiger partial charge >= 0.3 is 0 Å². The van der Waals surface area contributed by atoms with Gasteiger partial charge in [-0.3, -0.25) is 14.9 Å². The molecule has 0 aromatic heterocycles. The molecule has 0 saturated carbocycles. The summed E-state index contributed by atoms with van der Waals surface area (Å²) in [7, 11) is 1.43. The van der Waals surface area contributed by atoms with Gasteiger partial charge in [0, 0.05) is 6.07 Å². The van der Waals surface area contributed by atoms with Crippen molar-refractivity contribution >= 4 is 11.6 Å². The molecule has 3 rings (SSSR count). The van der Waals surface area contributed by atoms with Crippen LogP contribution >= 0.6 is 0 Å². The third-order valence-corrected chi connectivity index (χ3v) is 4.70. The first kappa shape index (κ1) is 18.7. The molecule has 2 aromatic rings. The molecule has 0 saturated heterocycles. The highest BCUT2D eigenvalue weighted by molar-refractivity contribution is 5.99. The van der Waals surface area contributed by atoms with Crippen LogP contribution in [0.15, 0.2) is 36.4 Å². The Bertz CT molecular complexity index is 865. The lowest BCUT2D eigenvalue weighted by molar-refractivity contribution is -0.385. The lowest BCUT2D eigenvalue weighted by Crippen LogP contribution is -2.31. The summed E-state index contributed by atoms with van der Waals surface area (Å²) in [6.45, 7) is 2.10. The fraction of sp³-hybridized carbons (Fsp3) is 0.350. The van der Waals surface area contributed by atoms with E-state index < -0.39 is 10.8 Å². The number of fused-ring (bicyclic) bond motifs is 1. The molecule has 0 fully saturated rings. The van der Waals surface area contributed by atoms with Gasteiger partial charge in [0.05, 0.1) is 30.7 Å². The Hall–Kier alpha value is -3.09. The molecule has 0 unspecified atom stereocenters. The summed E-state index contributed by atoms with van der Waals surface area (Å²) in [5, 5.41) is 14.5. The highest BCUT2D eigenvalue weighted by atomic mass is 16.6. The van der Waals surface area contributed by atoms with Crippen LogP contribution in [-0.2, 0) is 6.42 Å². The number of amides is 1. The van der Waals surface area contributed by atoms with E-state index in [-0.39, 0.29) is 28.8 Å². The Morgan fingerprint density at radius 2 is 2.07 bits per heavy atom. The van der Waals surface area contributed by atoms with Crippen molar-refractivity contribution in [2.24, 2.45) is 0 Å². The number of ether oxygens (including phenoxy) is 2. The van der Waals surface area contributed by atoms with Gasteiger partial charge < -0.3 is 14.8 Å². The second kappa shape index (κ2) is 8.07. The highest BCUT2D eigenvalue weighted by Crippen LogP contribution is 2.36. The van der Waals surface area contributed by atoms with Gasteiger partial charge in [0.2, 0.25) is 0 Å². The topological polar surface area (TPSA) is 90.7 Å². The predicted molar refractivity (Wildman–Crippen MR) is 100 cm³/mol. The van der Waals surface area contributed by atoms with Crippen molar-refractivity contribution in [2.75, 3.05) is 13.7 Å². The van der Waals surface area contributed by atoms with E-state index in [1.54, 1.807) is 6.92 Å². The van der Waals surface area contributed by atoms with Gasteiger partial charge in [0.15, 0.2) is 11.5 Å². The largest absolute Gasteiger partial charge is 0.493 e. The number of nitrogens with zero attached hydrogens (tertiary/aromatic N) is 1. The lowest BCUT2D eigenvalue weighted by Gasteiger charge is -2.26. The van der Waals surface area contributed by atoms with Crippen LogP contribution in [0.2, 0.25) is 0 Å². The van der Waals surface area contributed by atoms with Gasteiger partial charge in [0.1, 0.15) is 5.56 Å². The smallest absolute Gasteiger partial charge is 0.286 e. The molecule has 0 aliphatic heterocycles. The fourth-order valence-electron chi connectivity index (χ4n) is 3.45. The number of hydrogen-bond donors (Lipinski definition) is 1. The van der Waals surface area contributed by atoms with E-state index in [0.717, 1.165) is 24.8 Å². The third kappa shape index (κ3) is 3.86. The summed E-state index contributed by atoms with van der Waals surface area (Å²) in [5.41, 5.74) is 1.93. The minimum Gasteiger partial charge on any atom is -0.493 e. The van der Waals surface area contributed by atoms with Crippen LogP contribution < -0.4 is 14.8 Å². The molecule has 1 amide bonds. The van der Waals surface area contributed by atoms with E-state index in [9.17, 15) is 14.9 Å². The summed E-state index contributed by atoms with van der Waals surface area (Å²) in [4.78, 5) is 23.8. The molecular weight excluding hydrogens is 348 g/mol. The molecular formula is C20H22N2O5. The summed E-state index contributed by atoms with van der Waals surface area (Å²) < 4.78 is 10.6. The minimum absolute atomic E-state index is 0.0386. The molecule has 1 atom stereocenters. The van der Waals surface area contributed by atoms with Crippen molar-refractivity contribution in [2.45, 2.75) is 32.2 Å². The highest BCUT2D eigenvalue weighted by Gasteiger charge is 2.28. The second-order valence-electron chi connectivity index (χ2n) is 6.33. The first-order valence-electron chi connectivity index (χ1n) is 8.93. The van der Waals surface area contributed by atoms with Crippen LogP contribution in [0.4, 0.5) is 5.69 Å². The van der Waals surface area contributed by atoms with Crippen LogP contribution in [0.5, 0.6) is 11.5 Å². The molecule has 7 nitrogen and oxygen atoms in total. The first-order valence-corrected chi connectivity index (χ1v) is 8.93. The number of hydrogen-bond acceptors (Lipinski definition) is 5. The molecule has 0 bridgehead atoms. The van der Waals surface area contributed by atoms with E-state index in [4.69, 9.17) is 9.47 Å². The van der Waals surface area contributed by atoms with E-state index in [2.05, 4.69) is 11.4 Å². The van der Waals surface area contributed by atoms with Gasteiger partial charge in [-0.2, -0.15) is 0 Å². The Balaban J connectivity index is 1.94. The van der Waals surface area contributed by atoms with E-state index >= 15 is 0 Å². The van der Waals surface area contributed by atoms with Gasteiger partial charge in [0.25, 0.3) is 11.6 Å².